The van der Waals surface area contributed by atoms with Gasteiger partial charge in [-0.25, -0.2) is 0 Å². The molecule has 0 aromatic carbocycles. The van der Waals surface area contributed by atoms with Crippen LogP contribution in [0.3, 0.4) is 0 Å². The summed E-state index contributed by atoms with van der Waals surface area (Å²) < 4.78 is 0. The van der Waals surface area contributed by atoms with Gasteiger partial charge in [0.05, 0.1) is 0 Å². The molecule has 2 aliphatic carbocycles. The third-order valence-corrected chi connectivity index (χ3v) is 6.12. The van der Waals surface area contributed by atoms with Crippen LogP contribution >= 0.6 is 0 Å². The first-order valence-electron chi connectivity index (χ1n) is 8.73. The number of hydrogen-bond acceptors (Lipinski definition) is 0. The fourth-order valence-corrected chi connectivity index (χ4v) is 4.55. The summed E-state index contributed by atoms with van der Waals surface area (Å²) in [5.74, 6) is 2.72. The maximum atomic E-state index is 2.57. The fourth-order valence-electron chi connectivity index (χ4n) is 4.55. The maximum absolute atomic E-state index is 2.57. The van der Waals surface area contributed by atoms with Crippen LogP contribution in [0, 0.1) is 23.2 Å². The van der Waals surface area contributed by atoms with E-state index in [0.29, 0.717) is 5.41 Å². The molecule has 2 rings (SSSR count). The first-order valence-corrected chi connectivity index (χ1v) is 8.73. The zero-order valence-electron chi connectivity index (χ0n) is 14.3. The lowest BCUT2D eigenvalue weighted by Crippen LogP contribution is -2.27. The predicted molar refractivity (Wildman–Crippen MR) is 89.8 cm³/mol. The van der Waals surface area contributed by atoms with Gasteiger partial charge in [0, 0.05) is 0 Å². The Morgan fingerprint density at radius 1 is 1.05 bits per heavy atom. The van der Waals surface area contributed by atoms with Gasteiger partial charge in [-0.2, -0.15) is 0 Å². The quantitative estimate of drug-likeness (QED) is 0.477. The summed E-state index contributed by atoms with van der Waals surface area (Å²) in [5, 5.41) is 0. The molecule has 3 atom stereocenters. The standard InChI is InChI=1S/C20H34/c1-15(2)18-12-14-20(5)13-11-17(4)8-6-7-16(3)9-10-19(18)20/h7,11,15,18-19H,6,8-10,12-14H2,1-5H3/b16-7+,17-11+/t18-,19+,20+/m1/s1. The van der Waals surface area contributed by atoms with Crippen LogP contribution in [-0.4, -0.2) is 0 Å². The Morgan fingerprint density at radius 3 is 2.45 bits per heavy atom. The first kappa shape index (κ1) is 15.9. The second kappa shape index (κ2) is 6.50. The summed E-state index contributed by atoms with van der Waals surface area (Å²) in [6.07, 6.45) is 14.5. The van der Waals surface area contributed by atoms with E-state index in [1.165, 1.54) is 44.9 Å². The molecule has 0 aliphatic heterocycles. The Labute approximate surface area is 126 Å². The number of allylic oxidation sites excluding steroid dienone is 4. The molecule has 1 saturated carbocycles. The molecule has 0 radical (unpaired) electrons. The molecule has 0 unspecified atom stereocenters. The van der Waals surface area contributed by atoms with Gasteiger partial charge in [0.1, 0.15) is 0 Å². The Kier molecular flexibility index (Phi) is 5.15. The summed E-state index contributed by atoms with van der Waals surface area (Å²) in [7, 11) is 0. The molecule has 1 fully saturated rings. The lowest BCUT2D eigenvalue weighted by Gasteiger charge is -2.35. The highest BCUT2D eigenvalue weighted by molar-refractivity contribution is 5.09. The molecule has 114 valence electrons. The van der Waals surface area contributed by atoms with Crippen molar-refractivity contribution in [2.45, 2.75) is 79.6 Å². The number of fused-ring (bicyclic) bond motifs is 1. The zero-order valence-corrected chi connectivity index (χ0v) is 14.3. The molecule has 0 spiro atoms. The van der Waals surface area contributed by atoms with E-state index < -0.39 is 0 Å². The van der Waals surface area contributed by atoms with Crippen molar-refractivity contribution in [3.63, 3.8) is 0 Å². The second-order valence-electron chi connectivity index (χ2n) is 8.09. The average molecular weight is 274 g/mol. The second-order valence-corrected chi connectivity index (χ2v) is 8.09. The van der Waals surface area contributed by atoms with Gasteiger partial charge in [-0.15, -0.1) is 0 Å². The molecule has 0 aromatic heterocycles. The largest absolute Gasteiger partial charge is 0.0853 e. The highest BCUT2D eigenvalue weighted by Crippen LogP contribution is 2.54. The van der Waals surface area contributed by atoms with Gasteiger partial charge in [-0.1, -0.05) is 44.1 Å². The number of rotatable bonds is 1. The molecular formula is C20H34. The lowest BCUT2D eigenvalue weighted by atomic mass is 9.70. The van der Waals surface area contributed by atoms with Crippen LogP contribution in [-0.2, 0) is 0 Å². The summed E-state index contributed by atoms with van der Waals surface area (Å²) in [6.45, 7) is 12.1. The van der Waals surface area contributed by atoms with Gasteiger partial charge in [0.2, 0.25) is 0 Å². The Bertz CT molecular complexity index is 385. The van der Waals surface area contributed by atoms with Gasteiger partial charge < -0.3 is 0 Å². The van der Waals surface area contributed by atoms with Crippen LogP contribution < -0.4 is 0 Å². The van der Waals surface area contributed by atoms with Crippen LogP contribution in [0.15, 0.2) is 23.3 Å². The van der Waals surface area contributed by atoms with Crippen LogP contribution in [0.25, 0.3) is 0 Å². The summed E-state index contributed by atoms with van der Waals surface area (Å²) in [6, 6.07) is 0. The normalized spacial score (nSPS) is 41.3. The number of hydrogen-bond donors (Lipinski definition) is 0. The Morgan fingerprint density at radius 2 is 1.75 bits per heavy atom. The monoisotopic (exact) mass is 274 g/mol. The minimum absolute atomic E-state index is 0.556. The van der Waals surface area contributed by atoms with E-state index in [1.54, 1.807) is 11.1 Å². The molecule has 0 N–H and O–H groups in total. The van der Waals surface area contributed by atoms with Crippen LogP contribution in [0.4, 0.5) is 0 Å². The topological polar surface area (TPSA) is 0 Å². The van der Waals surface area contributed by atoms with E-state index in [2.05, 4.69) is 46.8 Å². The van der Waals surface area contributed by atoms with Crippen molar-refractivity contribution in [3.8, 4) is 0 Å². The van der Waals surface area contributed by atoms with Gasteiger partial charge in [0.25, 0.3) is 0 Å². The predicted octanol–water partition coefficient (Wildman–Crippen LogP) is 6.53. The van der Waals surface area contributed by atoms with Crippen molar-refractivity contribution in [1.82, 2.24) is 0 Å². The van der Waals surface area contributed by atoms with E-state index in [1.807, 2.05) is 0 Å². The van der Waals surface area contributed by atoms with E-state index in [9.17, 15) is 0 Å². The SMILES string of the molecule is C/C1=C\C[C@@]2(C)CC[C@H](C(C)C)[C@@H]2CC/C(C)=C/CC1. The molecular weight excluding hydrogens is 240 g/mol. The fraction of sp³-hybridized carbons (Fsp3) is 0.800. The van der Waals surface area contributed by atoms with E-state index in [0.717, 1.165) is 17.8 Å². The molecule has 0 bridgehead atoms. The maximum Gasteiger partial charge on any atom is -0.0260 e. The van der Waals surface area contributed by atoms with Crippen LogP contribution in [0.1, 0.15) is 79.6 Å². The molecule has 2 aliphatic rings. The highest BCUT2D eigenvalue weighted by Gasteiger charge is 2.44. The summed E-state index contributed by atoms with van der Waals surface area (Å²) in [5.41, 5.74) is 3.78. The van der Waals surface area contributed by atoms with Crippen molar-refractivity contribution in [2.24, 2.45) is 23.2 Å². The Balaban J connectivity index is 2.24. The molecule has 0 heterocycles. The lowest BCUT2D eigenvalue weighted by molar-refractivity contribution is 0.157. The van der Waals surface area contributed by atoms with Crippen molar-refractivity contribution < 1.29 is 0 Å². The minimum atomic E-state index is 0.556. The molecule has 0 aromatic rings. The van der Waals surface area contributed by atoms with Crippen LogP contribution in [0.5, 0.6) is 0 Å². The van der Waals surface area contributed by atoms with E-state index in [-0.39, 0.29) is 0 Å². The molecule has 20 heavy (non-hydrogen) atoms. The van der Waals surface area contributed by atoms with Crippen molar-refractivity contribution in [3.05, 3.63) is 23.3 Å². The minimum Gasteiger partial charge on any atom is -0.0853 e. The van der Waals surface area contributed by atoms with E-state index in [4.69, 9.17) is 0 Å². The van der Waals surface area contributed by atoms with Crippen molar-refractivity contribution in [2.75, 3.05) is 0 Å². The Hall–Kier alpha value is -0.520. The molecule has 0 saturated heterocycles. The smallest absolute Gasteiger partial charge is 0.0260 e. The molecule has 0 heteroatoms. The van der Waals surface area contributed by atoms with Crippen molar-refractivity contribution >= 4 is 0 Å². The molecule has 0 nitrogen and oxygen atoms in total. The third-order valence-electron chi connectivity index (χ3n) is 6.12. The van der Waals surface area contributed by atoms with Gasteiger partial charge in [-0.3, -0.25) is 0 Å². The van der Waals surface area contributed by atoms with Gasteiger partial charge >= 0.3 is 0 Å². The van der Waals surface area contributed by atoms with Gasteiger partial charge in [0.15, 0.2) is 0 Å². The average Bonchev–Trinajstić information content (AvgIpc) is 2.70. The summed E-state index contributed by atoms with van der Waals surface area (Å²) >= 11 is 0. The first-order chi connectivity index (χ1) is 9.42. The van der Waals surface area contributed by atoms with Crippen molar-refractivity contribution in [1.29, 1.82) is 0 Å². The third kappa shape index (κ3) is 3.57. The van der Waals surface area contributed by atoms with Crippen LogP contribution in [0.2, 0.25) is 0 Å². The highest BCUT2D eigenvalue weighted by atomic mass is 14.5. The zero-order chi connectivity index (χ0) is 14.8. The van der Waals surface area contributed by atoms with Gasteiger partial charge in [-0.05, 0) is 82.0 Å². The molecule has 0 amide bonds. The van der Waals surface area contributed by atoms with E-state index >= 15 is 0 Å². The summed E-state index contributed by atoms with van der Waals surface area (Å²) in [4.78, 5) is 0.